The number of aliphatic hydroxyl groups is 2. The number of benzene rings is 6. The molecule has 11 heteroatoms. The first kappa shape index (κ1) is 46.4. The van der Waals surface area contributed by atoms with Gasteiger partial charge >= 0.3 is 0 Å². The van der Waals surface area contributed by atoms with E-state index in [0.717, 1.165) is 33.4 Å². The second-order valence-corrected chi connectivity index (χ2v) is 16.2. The van der Waals surface area contributed by atoms with Crippen LogP contribution in [-0.4, -0.2) is 84.8 Å². The van der Waals surface area contributed by atoms with E-state index in [1.807, 2.05) is 182 Å². The predicted octanol–water partition coefficient (Wildman–Crippen LogP) is 7.95. The van der Waals surface area contributed by atoms with E-state index in [9.17, 15) is 10.2 Å². The maximum absolute atomic E-state index is 11.9. The highest BCUT2D eigenvalue weighted by Crippen LogP contribution is 2.35. The molecule has 6 aromatic rings. The molecule has 0 bridgehead atoms. The molecule has 0 spiro atoms. The summed E-state index contributed by atoms with van der Waals surface area (Å²) in [6.07, 6.45) is -10.5. The molecule has 0 saturated carbocycles. The van der Waals surface area contributed by atoms with Crippen molar-refractivity contribution in [2.24, 2.45) is 0 Å². The van der Waals surface area contributed by atoms with Gasteiger partial charge in [-0.3, -0.25) is 0 Å². The van der Waals surface area contributed by atoms with Gasteiger partial charge in [0, 0.05) is 0 Å². The third kappa shape index (κ3) is 13.5. The average molecular weight is 883 g/mol. The van der Waals surface area contributed by atoms with Crippen molar-refractivity contribution in [2.45, 2.75) is 101 Å². The Kier molecular flexibility index (Phi) is 17.4. The largest absolute Gasteiger partial charge is 0.387 e. The minimum atomic E-state index is -1.42. The third-order valence-corrected chi connectivity index (χ3v) is 11.4. The van der Waals surface area contributed by atoms with Gasteiger partial charge in [0.1, 0.15) is 48.8 Å². The molecule has 10 atom stereocenters. The minimum absolute atomic E-state index is 0.0357. The van der Waals surface area contributed by atoms with Crippen molar-refractivity contribution in [1.82, 2.24) is 0 Å². The molecule has 11 nitrogen and oxygen atoms in total. The zero-order valence-corrected chi connectivity index (χ0v) is 36.3. The van der Waals surface area contributed by atoms with Crippen LogP contribution >= 0.6 is 0 Å². The van der Waals surface area contributed by atoms with E-state index in [4.69, 9.17) is 42.6 Å². The number of hydrogen-bond acceptors (Lipinski definition) is 11. The van der Waals surface area contributed by atoms with Gasteiger partial charge in [-0.25, -0.2) is 0 Å². The summed E-state index contributed by atoms with van der Waals surface area (Å²) in [5.74, 6) is 0. The highest BCUT2D eigenvalue weighted by atomic mass is 16.8. The molecule has 2 fully saturated rings. The maximum Gasteiger partial charge on any atom is 0.190 e. The Morgan fingerprint density at radius 1 is 0.323 bits per heavy atom. The predicted molar refractivity (Wildman–Crippen MR) is 243 cm³/mol. The van der Waals surface area contributed by atoms with Crippen LogP contribution in [0.15, 0.2) is 182 Å². The summed E-state index contributed by atoms with van der Waals surface area (Å²) in [6.45, 7) is 1.49. The van der Waals surface area contributed by atoms with Gasteiger partial charge in [0.05, 0.1) is 52.9 Å². The molecule has 2 aliphatic heterocycles. The second kappa shape index (κ2) is 24.4. The first-order valence-electron chi connectivity index (χ1n) is 22.3. The van der Waals surface area contributed by atoms with Crippen molar-refractivity contribution >= 4 is 0 Å². The lowest BCUT2D eigenvalue weighted by Crippen LogP contribution is -2.65. The molecule has 8 rings (SSSR count). The van der Waals surface area contributed by atoms with Crippen LogP contribution in [0.4, 0.5) is 0 Å². The Labute approximate surface area is 381 Å². The Morgan fingerprint density at radius 2 is 0.631 bits per heavy atom. The van der Waals surface area contributed by atoms with Crippen molar-refractivity contribution < 1.29 is 52.8 Å². The van der Waals surface area contributed by atoms with Gasteiger partial charge in [0.25, 0.3) is 0 Å². The molecule has 0 unspecified atom stereocenters. The highest BCUT2D eigenvalue weighted by molar-refractivity contribution is 5.18. The Morgan fingerprint density at radius 3 is 1.05 bits per heavy atom. The summed E-state index contributed by atoms with van der Waals surface area (Å²) in [4.78, 5) is 0. The van der Waals surface area contributed by atoms with Crippen LogP contribution in [0, 0.1) is 0 Å². The van der Waals surface area contributed by atoms with Gasteiger partial charge in [-0.2, -0.15) is 0 Å². The van der Waals surface area contributed by atoms with Gasteiger partial charge in [-0.05, 0) is 33.4 Å². The van der Waals surface area contributed by atoms with Crippen molar-refractivity contribution in [1.29, 1.82) is 0 Å². The van der Waals surface area contributed by atoms with Gasteiger partial charge in [-0.1, -0.05) is 182 Å². The molecule has 2 heterocycles. The molecule has 340 valence electrons. The molecule has 2 saturated heterocycles. The van der Waals surface area contributed by atoms with Crippen LogP contribution in [0.5, 0.6) is 0 Å². The second-order valence-electron chi connectivity index (χ2n) is 16.2. The topological polar surface area (TPSA) is 124 Å². The van der Waals surface area contributed by atoms with Gasteiger partial charge in [-0.15, -0.1) is 0 Å². The van der Waals surface area contributed by atoms with Crippen LogP contribution < -0.4 is 0 Å². The molecule has 6 aromatic carbocycles. The number of rotatable bonds is 22. The molecule has 0 aromatic heterocycles. The maximum atomic E-state index is 11.9. The fourth-order valence-electron chi connectivity index (χ4n) is 7.95. The van der Waals surface area contributed by atoms with E-state index in [1.54, 1.807) is 0 Å². The third-order valence-electron chi connectivity index (χ3n) is 11.4. The molecule has 0 amide bonds. The zero-order chi connectivity index (χ0) is 44.5. The zero-order valence-electron chi connectivity index (χ0n) is 36.3. The van der Waals surface area contributed by atoms with Crippen molar-refractivity contribution in [3.63, 3.8) is 0 Å². The van der Waals surface area contributed by atoms with Crippen LogP contribution in [0.25, 0.3) is 0 Å². The van der Waals surface area contributed by atoms with Crippen LogP contribution in [0.2, 0.25) is 0 Å². The molecular formula is C54H58O11. The Hall–Kier alpha value is -5.12. The van der Waals surface area contributed by atoms with Crippen LogP contribution in [-0.2, 0) is 82.3 Å². The lowest BCUT2D eigenvalue weighted by Gasteiger charge is -2.48. The molecule has 0 aliphatic carbocycles. The highest BCUT2D eigenvalue weighted by Gasteiger charge is 2.53. The Balaban J connectivity index is 1.12. The first-order chi connectivity index (χ1) is 32.1. The lowest BCUT2D eigenvalue weighted by atomic mass is 9.97. The van der Waals surface area contributed by atoms with Crippen molar-refractivity contribution in [2.75, 3.05) is 13.2 Å². The normalized spacial score (nSPS) is 25.6. The molecule has 65 heavy (non-hydrogen) atoms. The van der Waals surface area contributed by atoms with Crippen LogP contribution in [0.1, 0.15) is 33.4 Å². The minimum Gasteiger partial charge on any atom is -0.387 e. The monoisotopic (exact) mass is 882 g/mol. The van der Waals surface area contributed by atoms with Crippen molar-refractivity contribution in [3.8, 4) is 0 Å². The summed E-state index contributed by atoms with van der Waals surface area (Å²) in [6, 6.07) is 58.9. The Bertz CT molecular complexity index is 2200. The smallest absolute Gasteiger partial charge is 0.190 e. The van der Waals surface area contributed by atoms with E-state index in [2.05, 4.69) is 0 Å². The van der Waals surface area contributed by atoms with E-state index in [1.165, 1.54) is 0 Å². The molecule has 2 N–H and O–H groups in total. The lowest BCUT2D eigenvalue weighted by molar-refractivity contribution is -0.390. The summed E-state index contributed by atoms with van der Waals surface area (Å²) in [5, 5.41) is 23.4. The van der Waals surface area contributed by atoms with Gasteiger partial charge < -0.3 is 52.8 Å². The van der Waals surface area contributed by atoms with E-state index in [-0.39, 0.29) is 46.2 Å². The fraction of sp³-hybridized carbons (Fsp3) is 0.333. The molecule has 2 aliphatic rings. The van der Waals surface area contributed by atoms with Crippen molar-refractivity contribution in [3.05, 3.63) is 215 Å². The number of ether oxygens (including phenoxy) is 9. The number of aliphatic hydroxyl groups excluding tert-OH is 2. The summed E-state index contributed by atoms with van der Waals surface area (Å²) in [7, 11) is 0. The van der Waals surface area contributed by atoms with E-state index < -0.39 is 61.4 Å². The van der Waals surface area contributed by atoms with E-state index >= 15 is 0 Å². The fourth-order valence-corrected chi connectivity index (χ4v) is 7.95. The van der Waals surface area contributed by atoms with Gasteiger partial charge in [0.15, 0.2) is 12.6 Å². The standard InChI is InChI=1S/C54H58O11/c55-47-45(37-57-31-39-19-7-1-8-20-39)63-53(50(48(47)56)60-34-42-25-13-4-14-26-42)65-54-52(62-36-44-29-17-6-18-30-44)51(61-35-43-27-15-5-16-28-43)49(59-33-41-23-11-3-12-24-41)46(64-54)38-58-32-40-21-9-2-10-22-40/h1-30,45-56H,31-38H2/t45-,46-,47+,48+,49-,50-,51+,52+,53+,54-/m1/s1. The molecular weight excluding hydrogens is 825 g/mol. The van der Waals surface area contributed by atoms with Gasteiger partial charge in [0.2, 0.25) is 0 Å². The average Bonchev–Trinajstić information content (AvgIpc) is 3.36. The summed E-state index contributed by atoms with van der Waals surface area (Å²) < 4.78 is 59.9. The van der Waals surface area contributed by atoms with E-state index in [0.29, 0.717) is 6.61 Å². The first-order valence-corrected chi connectivity index (χ1v) is 22.3. The number of hydrogen-bond donors (Lipinski definition) is 2. The summed E-state index contributed by atoms with van der Waals surface area (Å²) in [5.41, 5.74) is 5.67. The SMILES string of the molecule is O[C@@H]1[C@H](O)[C@@H](OCc2ccccc2)[C@H](O[C@H]2O[C@H](COCc3ccccc3)[C@@H](OCc3ccccc3)[C@H](OCc3ccccc3)[C@@H]2OCc2ccccc2)O[C@@H]1COCc1ccccc1. The quantitative estimate of drug-likeness (QED) is 0.0691. The van der Waals surface area contributed by atoms with Crippen LogP contribution in [0.3, 0.4) is 0 Å². The molecule has 0 radical (unpaired) electrons. The summed E-state index contributed by atoms with van der Waals surface area (Å²) >= 11 is 0.